The van der Waals surface area contributed by atoms with E-state index < -0.39 is 16.1 Å². The van der Waals surface area contributed by atoms with Crippen LogP contribution in [0.15, 0.2) is 21.7 Å². The maximum absolute atomic E-state index is 12.4. The molecule has 0 spiro atoms. The monoisotopic (exact) mass is 373 g/mol. The van der Waals surface area contributed by atoms with Crippen LogP contribution in [0.25, 0.3) is 0 Å². The number of thiophene rings is 1. The number of hydrogen-bond donors (Lipinski definition) is 2. The number of likely N-dealkylation sites (tertiary alicyclic amines) is 1. The van der Waals surface area contributed by atoms with E-state index in [2.05, 4.69) is 14.9 Å². The van der Waals surface area contributed by atoms with Crippen molar-refractivity contribution in [3.05, 3.63) is 17.5 Å². The summed E-state index contributed by atoms with van der Waals surface area (Å²) >= 11 is 1.14. The molecule has 1 fully saturated rings. The molecule has 1 aliphatic rings. The van der Waals surface area contributed by atoms with Gasteiger partial charge in [0, 0.05) is 6.54 Å². The maximum atomic E-state index is 12.4. The summed E-state index contributed by atoms with van der Waals surface area (Å²) in [6, 6.07) is 2.46. The fourth-order valence-electron chi connectivity index (χ4n) is 2.76. The Morgan fingerprint density at radius 2 is 2.04 bits per heavy atom. The Bertz CT molecular complexity index is 609. The molecule has 0 unspecified atom stereocenters. The Morgan fingerprint density at radius 3 is 2.62 bits per heavy atom. The number of rotatable bonds is 9. The minimum atomic E-state index is -3.65. The molecule has 2 rings (SSSR count). The first-order valence-corrected chi connectivity index (χ1v) is 10.8. The second-order valence-electron chi connectivity index (χ2n) is 6.47. The highest BCUT2D eigenvalue weighted by Crippen LogP contribution is 2.17. The van der Waals surface area contributed by atoms with Crippen LogP contribution in [0.2, 0.25) is 0 Å². The van der Waals surface area contributed by atoms with E-state index in [0.717, 1.165) is 37.4 Å². The first-order chi connectivity index (χ1) is 11.4. The third kappa shape index (κ3) is 5.54. The quantitative estimate of drug-likeness (QED) is 0.645. The molecule has 136 valence electrons. The zero-order valence-corrected chi connectivity index (χ0v) is 16.0. The molecule has 24 heavy (non-hydrogen) atoms. The number of carbonyl (C=O) groups is 1. The molecular formula is C16H27N3O3S2. The minimum Gasteiger partial charge on any atom is -0.355 e. The number of amides is 1. The van der Waals surface area contributed by atoms with Gasteiger partial charge in [0.1, 0.15) is 10.3 Å². The Morgan fingerprint density at radius 1 is 1.33 bits per heavy atom. The summed E-state index contributed by atoms with van der Waals surface area (Å²) in [5.74, 6) is -0.384. The summed E-state index contributed by atoms with van der Waals surface area (Å²) in [6.45, 7) is 7.51. The van der Waals surface area contributed by atoms with Gasteiger partial charge in [-0.2, -0.15) is 4.72 Å². The molecular weight excluding hydrogens is 346 g/mol. The average molecular weight is 374 g/mol. The molecule has 1 aromatic heterocycles. The van der Waals surface area contributed by atoms with Crippen LogP contribution < -0.4 is 10.0 Å². The van der Waals surface area contributed by atoms with Crippen molar-refractivity contribution in [3.63, 3.8) is 0 Å². The Kier molecular flexibility index (Phi) is 7.21. The molecule has 6 nitrogen and oxygen atoms in total. The molecule has 0 saturated carbocycles. The van der Waals surface area contributed by atoms with Crippen molar-refractivity contribution in [1.82, 2.24) is 14.9 Å². The Balaban J connectivity index is 1.83. The summed E-state index contributed by atoms with van der Waals surface area (Å²) < 4.78 is 27.4. The molecule has 8 heteroatoms. The topological polar surface area (TPSA) is 78.5 Å². The summed E-state index contributed by atoms with van der Waals surface area (Å²) in [5.41, 5.74) is 0. The van der Waals surface area contributed by atoms with Gasteiger partial charge in [-0.05, 0) is 56.3 Å². The van der Waals surface area contributed by atoms with Gasteiger partial charge in [0.2, 0.25) is 5.91 Å². The summed E-state index contributed by atoms with van der Waals surface area (Å²) in [5, 5.41) is 4.57. The van der Waals surface area contributed by atoms with E-state index in [0.29, 0.717) is 6.54 Å². The predicted molar refractivity (Wildman–Crippen MR) is 96.6 cm³/mol. The largest absolute Gasteiger partial charge is 0.355 e. The SMILES string of the molecule is CC(C)[C@H](NS(=O)(=O)c1cccs1)C(=O)NCCCN1CCCC1. The molecule has 0 aliphatic carbocycles. The lowest BCUT2D eigenvalue weighted by molar-refractivity contribution is -0.123. The van der Waals surface area contributed by atoms with Crippen molar-refractivity contribution in [2.45, 2.75) is 43.4 Å². The lowest BCUT2D eigenvalue weighted by Crippen LogP contribution is -2.49. The molecule has 2 N–H and O–H groups in total. The third-order valence-corrected chi connectivity index (χ3v) is 6.98. The Labute approximate surface area is 148 Å². The van der Waals surface area contributed by atoms with Gasteiger partial charge in [0.15, 0.2) is 0 Å². The first-order valence-electron chi connectivity index (χ1n) is 8.46. The maximum Gasteiger partial charge on any atom is 0.250 e. The number of hydrogen-bond acceptors (Lipinski definition) is 5. The van der Waals surface area contributed by atoms with Gasteiger partial charge >= 0.3 is 0 Å². The van der Waals surface area contributed by atoms with Gasteiger partial charge in [0.25, 0.3) is 10.0 Å². The van der Waals surface area contributed by atoms with Gasteiger partial charge in [-0.1, -0.05) is 19.9 Å². The van der Waals surface area contributed by atoms with E-state index >= 15 is 0 Å². The van der Waals surface area contributed by atoms with Gasteiger partial charge in [0.05, 0.1) is 0 Å². The van der Waals surface area contributed by atoms with Gasteiger partial charge < -0.3 is 10.2 Å². The second kappa shape index (κ2) is 8.94. The lowest BCUT2D eigenvalue weighted by atomic mass is 10.1. The van der Waals surface area contributed by atoms with Crippen molar-refractivity contribution in [2.75, 3.05) is 26.2 Å². The summed E-state index contributed by atoms with van der Waals surface area (Å²) in [6.07, 6.45) is 3.40. The van der Waals surface area contributed by atoms with Crippen molar-refractivity contribution < 1.29 is 13.2 Å². The van der Waals surface area contributed by atoms with Crippen LogP contribution in [0.3, 0.4) is 0 Å². The molecule has 1 saturated heterocycles. The Hall–Kier alpha value is -0.960. The van der Waals surface area contributed by atoms with Crippen LogP contribution in [-0.4, -0.2) is 51.4 Å². The summed E-state index contributed by atoms with van der Waals surface area (Å²) in [7, 11) is -3.65. The van der Waals surface area contributed by atoms with Crippen molar-refractivity contribution in [1.29, 1.82) is 0 Å². The normalized spacial score (nSPS) is 17.3. The number of sulfonamides is 1. The van der Waals surface area contributed by atoms with Crippen LogP contribution in [0.4, 0.5) is 0 Å². The third-order valence-electron chi connectivity index (χ3n) is 4.14. The smallest absolute Gasteiger partial charge is 0.250 e. The number of nitrogens with zero attached hydrogens (tertiary/aromatic N) is 1. The van der Waals surface area contributed by atoms with E-state index in [1.54, 1.807) is 17.5 Å². The molecule has 2 heterocycles. The van der Waals surface area contributed by atoms with Crippen LogP contribution >= 0.6 is 11.3 Å². The van der Waals surface area contributed by atoms with E-state index in [9.17, 15) is 13.2 Å². The predicted octanol–water partition coefficient (Wildman–Crippen LogP) is 1.65. The average Bonchev–Trinajstić information content (AvgIpc) is 3.21. The van der Waals surface area contributed by atoms with E-state index in [-0.39, 0.29) is 16.0 Å². The van der Waals surface area contributed by atoms with Crippen molar-refractivity contribution in [3.8, 4) is 0 Å². The van der Waals surface area contributed by atoms with Gasteiger partial charge in [-0.3, -0.25) is 4.79 Å². The van der Waals surface area contributed by atoms with Crippen molar-refractivity contribution in [2.24, 2.45) is 5.92 Å². The number of carbonyl (C=O) groups excluding carboxylic acids is 1. The van der Waals surface area contributed by atoms with E-state index in [1.807, 2.05) is 13.8 Å². The zero-order valence-electron chi connectivity index (χ0n) is 14.3. The zero-order chi connectivity index (χ0) is 17.6. The van der Waals surface area contributed by atoms with Crippen LogP contribution in [-0.2, 0) is 14.8 Å². The lowest BCUT2D eigenvalue weighted by Gasteiger charge is -2.21. The summed E-state index contributed by atoms with van der Waals surface area (Å²) in [4.78, 5) is 14.8. The van der Waals surface area contributed by atoms with Crippen LogP contribution in [0.5, 0.6) is 0 Å². The molecule has 1 atom stereocenters. The minimum absolute atomic E-state index is 0.127. The molecule has 1 aromatic rings. The van der Waals surface area contributed by atoms with Crippen molar-refractivity contribution >= 4 is 27.3 Å². The molecule has 0 radical (unpaired) electrons. The second-order valence-corrected chi connectivity index (χ2v) is 9.36. The van der Waals surface area contributed by atoms with E-state index in [4.69, 9.17) is 0 Å². The molecule has 1 aliphatic heterocycles. The standard InChI is InChI=1S/C16H27N3O3S2/c1-13(2)15(18-24(21,22)14-7-5-12-23-14)16(20)17-8-6-11-19-9-3-4-10-19/h5,7,12-13,15,18H,3-4,6,8-11H2,1-2H3,(H,17,20)/t15-/m0/s1. The number of nitrogens with one attached hydrogen (secondary N) is 2. The van der Waals surface area contributed by atoms with Crippen LogP contribution in [0.1, 0.15) is 33.1 Å². The first kappa shape index (κ1) is 19.4. The van der Waals surface area contributed by atoms with Gasteiger partial charge in [-0.25, -0.2) is 8.42 Å². The molecule has 0 bridgehead atoms. The highest BCUT2D eigenvalue weighted by molar-refractivity contribution is 7.91. The fraction of sp³-hybridized carbons (Fsp3) is 0.688. The van der Waals surface area contributed by atoms with E-state index in [1.165, 1.54) is 12.8 Å². The van der Waals surface area contributed by atoms with Gasteiger partial charge in [-0.15, -0.1) is 11.3 Å². The molecule has 1 amide bonds. The highest BCUT2D eigenvalue weighted by atomic mass is 32.2. The fourth-order valence-corrected chi connectivity index (χ4v) is 5.12. The van der Waals surface area contributed by atoms with Crippen LogP contribution in [0, 0.1) is 5.92 Å². The molecule has 0 aromatic carbocycles. The highest BCUT2D eigenvalue weighted by Gasteiger charge is 2.28.